The largest absolute Gasteiger partial charge is 0.496 e. The number of hydrogen-bond acceptors (Lipinski definition) is 4. The third-order valence-corrected chi connectivity index (χ3v) is 2.85. The number of ether oxygens (including phenoxy) is 1. The Morgan fingerprint density at radius 2 is 2.11 bits per heavy atom. The van der Waals surface area contributed by atoms with E-state index >= 15 is 0 Å². The second-order valence-corrected chi connectivity index (χ2v) is 4.55. The molecule has 0 radical (unpaired) electrons. The predicted molar refractivity (Wildman–Crippen MR) is 71.1 cm³/mol. The van der Waals surface area contributed by atoms with Crippen molar-refractivity contribution < 1.29 is 9.53 Å². The average molecular weight is 251 g/mol. The monoisotopic (exact) mass is 251 g/mol. The van der Waals surface area contributed by atoms with Crippen LogP contribution < -0.4 is 21.7 Å². The summed E-state index contributed by atoms with van der Waals surface area (Å²) >= 11 is 0. The van der Waals surface area contributed by atoms with E-state index in [0.717, 1.165) is 16.9 Å². The van der Waals surface area contributed by atoms with Crippen molar-refractivity contribution >= 4 is 5.91 Å². The number of amides is 1. The van der Waals surface area contributed by atoms with Gasteiger partial charge in [-0.05, 0) is 29.5 Å². The molecule has 0 saturated carbocycles. The number of hydrogen-bond donors (Lipinski definition) is 3. The number of carbonyl (C=O) groups excluding carboxylic acids is 1. The van der Waals surface area contributed by atoms with Crippen molar-refractivity contribution in [2.24, 2.45) is 11.6 Å². The van der Waals surface area contributed by atoms with Crippen LogP contribution in [0.5, 0.6) is 5.75 Å². The molecule has 0 aliphatic heterocycles. The first-order valence-corrected chi connectivity index (χ1v) is 5.92. The average Bonchev–Trinajstić information content (AvgIpc) is 2.37. The fraction of sp³-hybridized carbons (Fsp3) is 0.462. The Balaban J connectivity index is 2.91. The van der Waals surface area contributed by atoms with Crippen LogP contribution in [0.3, 0.4) is 0 Å². The molecule has 100 valence electrons. The standard InChI is InChI=1S/C13H21N3O2/c1-8(2)10-6-9(4-5-12(10)18-3)7-11(14)13(17)16-15/h4-6,8,11H,7,14-15H2,1-3H3,(H,16,17). The van der Waals surface area contributed by atoms with E-state index < -0.39 is 6.04 Å². The molecule has 18 heavy (non-hydrogen) atoms. The van der Waals surface area contributed by atoms with Gasteiger partial charge in [0.05, 0.1) is 13.2 Å². The van der Waals surface area contributed by atoms with E-state index in [2.05, 4.69) is 19.3 Å². The molecule has 0 spiro atoms. The quantitative estimate of drug-likeness (QED) is 0.408. The van der Waals surface area contributed by atoms with E-state index in [-0.39, 0.29) is 5.91 Å². The maximum atomic E-state index is 11.3. The van der Waals surface area contributed by atoms with Crippen molar-refractivity contribution in [1.29, 1.82) is 0 Å². The van der Waals surface area contributed by atoms with Crippen molar-refractivity contribution in [3.8, 4) is 5.75 Å². The zero-order chi connectivity index (χ0) is 13.7. The molecule has 1 aromatic carbocycles. The molecule has 1 atom stereocenters. The molecular formula is C13H21N3O2. The molecule has 0 aromatic heterocycles. The van der Waals surface area contributed by atoms with Gasteiger partial charge in [-0.3, -0.25) is 10.2 Å². The molecule has 1 aromatic rings. The van der Waals surface area contributed by atoms with E-state index in [1.807, 2.05) is 18.2 Å². The van der Waals surface area contributed by atoms with Crippen LogP contribution in [0.2, 0.25) is 0 Å². The van der Waals surface area contributed by atoms with E-state index in [1.165, 1.54) is 0 Å². The number of hydrazine groups is 1. The molecule has 1 unspecified atom stereocenters. The normalized spacial score (nSPS) is 12.3. The molecule has 5 N–H and O–H groups in total. The summed E-state index contributed by atoms with van der Waals surface area (Å²) in [6.07, 6.45) is 0.451. The van der Waals surface area contributed by atoms with Gasteiger partial charge in [0.15, 0.2) is 0 Å². The SMILES string of the molecule is COc1ccc(CC(N)C(=O)NN)cc1C(C)C. The number of carbonyl (C=O) groups is 1. The predicted octanol–water partition coefficient (Wildman–Crippen LogP) is 0.678. The van der Waals surface area contributed by atoms with Crippen molar-refractivity contribution in [3.63, 3.8) is 0 Å². The maximum absolute atomic E-state index is 11.3. The summed E-state index contributed by atoms with van der Waals surface area (Å²) in [6, 6.07) is 5.20. The lowest BCUT2D eigenvalue weighted by molar-refractivity contribution is -0.122. The highest BCUT2D eigenvalue weighted by molar-refractivity contribution is 5.81. The van der Waals surface area contributed by atoms with Gasteiger partial charge in [-0.2, -0.15) is 0 Å². The number of nitrogens with one attached hydrogen (secondary N) is 1. The van der Waals surface area contributed by atoms with Gasteiger partial charge >= 0.3 is 0 Å². The lowest BCUT2D eigenvalue weighted by Gasteiger charge is -2.15. The molecule has 1 amide bonds. The molecule has 5 heteroatoms. The molecule has 0 bridgehead atoms. The lowest BCUT2D eigenvalue weighted by Crippen LogP contribution is -2.45. The van der Waals surface area contributed by atoms with Gasteiger partial charge in [0.1, 0.15) is 5.75 Å². The van der Waals surface area contributed by atoms with Crippen LogP contribution >= 0.6 is 0 Å². The van der Waals surface area contributed by atoms with E-state index in [1.54, 1.807) is 7.11 Å². The minimum absolute atomic E-state index is 0.347. The van der Waals surface area contributed by atoms with Gasteiger partial charge in [-0.25, -0.2) is 5.84 Å². The summed E-state index contributed by atoms with van der Waals surface area (Å²) in [7, 11) is 1.65. The van der Waals surface area contributed by atoms with Crippen LogP contribution in [0.25, 0.3) is 0 Å². The number of nitrogens with two attached hydrogens (primary N) is 2. The minimum atomic E-state index is -0.636. The first-order valence-electron chi connectivity index (χ1n) is 5.92. The van der Waals surface area contributed by atoms with E-state index in [9.17, 15) is 4.79 Å². The Morgan fingerprint density at radius 3 is 2.61 bits per heavy atom. The summed E-state index contributed by atoms with van der Waals surface area (Å²) in [6.45, 7) is 4.18. The summed E-state index contributed by atoms with van der Waals surface area (Å²) in [5.41, 5.74) is 9.89. The van der Waals surface area contributed by atoms with Gasteiger partial charge in [0, 0.05) is 0 Å². The molecular weight excluding hydrogens is 230 g/mol. The fourth-order valence-electron chi connectivity index (χ4n) is 1.82. The highest BCUT2D eigenvalue weighted by Gasteiger charge is 2.14. The van der Waals surface area contributed by atoms with Crippen LogP contribution in [0.15, 0.2) is 18.2 Å². The zero-order valence-corrected chi connectivity index (χ0v) is 11.1. The molecule has 1 rings (SSSR count). The first kappa shape index (κ1) is 14.5. The molecule has 0 aliphatic carbocycles. The van der Waals surface area contributed by atoms with Crippen LogP contribution in [-0.4, -0.2) is 19.1 Å². The first-order chi connectivity index (χ1) is 8.49. The number of methoxy groups -OCH3 is 1. The van der Waals surface area contributed by atoms with Gasteiger partial charge in [0.2, 0.25) is 0 Å². The van der Waals surface area contributed by atoms with Gasteiger partial charge in [-0.1, -0.05) is 26.0 Å². The van der Waals surface area contributed by atoms with Gasteiger partial charge in [0.25, 0.3) is 5.91 Å². The second-order valence-electron chi connectivity index (χ2n) is 4.55. The topological polar surface area (TPSA) is 90.4 Å². The van der Waals surface area contributed by atoms with Crippen molar-refractivity contribution in [2.45, 2.75) is 32.2 Å². The van der Waals surface area contributed by atoms with Crippen LogP contribution in [0, 0.1) is 0 Å². The molecule has 0 saturated heterocycles. The molecule has 0 aliphatic rings. The van der Waals surface area contributed by atoms with Crippen molar-refractivity contribution in [2.75, 3.05) is 7.11 Å². The van der Waals surface area contributed by atoms with Crippen LogP contribution in [0.4, 0.5) is 0 Å². The maximum Gasteiger partial charge on any atom is 0.251 e. The Labute approximate surface area is 107 Å². The van der Waals surface area contributed by atoms with Crippen LogP contribution in [0.1, 0.15) is 30.9 Å². The number of benzene rings is 1. The summed E-state index contributed by atoms with van der Waals surface area (Å²) in [5, 5.41) is 0. The minimum Gasteiger partial charge on any atom is -0.496 e. The highest BCUT2D eigenvalue weighted by Crippen LogP contribution is 2.27. The Bertz CT molecular complexity index is 419. The summed E-state index contributed by atoms with van der Waals surface area (Å²) < 4.78 is 5.30. The number of rotatable bonds is 5. The van der Waals surface area contributed by atoms with Crippen molar-refractivity contribution in [3.05, 3.63) is 29.3 Å². The highest BCUT2D eigenvalue weighted by atomic mass is 16.5. The summed E-state index contributed by atoms with van der Waals surface area (Å²) in [4.78, 5) is 11.3. The lowest BCUT2D eigenvalue weighted by atomic mass is 9.96. The molecule has 0 fully saturated rings. The third-order valence-electron chi connectivity index (χ3n) is 2.85. The van der Waals surface area contributed by atoms with E-state index in [4.69, 9.17) is 16.3 Å². The molecule has 5 nitrogen and oxygen atoms in total. The molecule has 0 heterocycles. The van der Waals surface area contributed by atoms with E-state index in [0.29, 0.717) is 12.3 Å². The Hall–Kier alpha value is -1.59. The zero-order valence-electron chi connectivity index (χ0n) is 11.1. The second kappa shape index (κ2) is 6.37. The Morgan fingerprint density at radius 1 is 1.44 bits per heavy atom. The smallest absolute Gasteiger partial charge is 0.251 e. The van der Waals surface area contributed by atoms with Gasteiger partial charge in [-0.15, -0.1) is 0 Å². The van der Waals surface area contributed by atoms with Gasteiger partial charge < -0.3 is 10.5 Å². The van der Waals surface area contributed by atoms with Crippen molar-refractivity contribution in [1.82, 2.24) is 5.43 Å². The fourth-order valence-corrected chi connectivity index (χ4v) is 1.82. The van der Waals surface area contributed by atoms with Crippen LogP contribution in [-0.2, 0) is 11.2 Å². The Kier molecular flexibility index (Phi) is 5.12. The third kappa shape index (κ3) is 3.45. The summed E-state index contributed by atoms with van der Waals surface area (Å²) in [5.74, 6) is 5.89.